The largest absolute Gasteiger partial charge is 0.380 e. The third kappa shape index (κ3) is 3.97. The van der Waals surface area contributed by atoms with Gasteiger partial charge >= 0.3 is 6.00 Å². The van der Waals surface area contributed by atoms with E-state index in [4.69, 9.17) is 38.0 Å². The van der Waals surface area contributed by atoms with Gasteiger partial charge in [-0.05, 0) is 11.1 Å². The van der Waals surface area contributed by atoms with Gasteiger partial charge in [-0.1, -0.05) is 31.2 Å². The van der Waals surface area contributed by atoms with Gasteiger partial charge < -0.3 is 4.74 Å². The minimum atomic E-state index is -2.67. The molecule has 15 heavy (non-hydrogen) atoms. The van der Waals surface area contributed by atoms with Crippen molar-refractivity contribution in [3.63, 3.8) is 0 Å². The Morgan fingerprint density at radius 3 is 2.53 bits per heavy atom. The van der Waals surface area contributed by atoms with Gasteiger partial charge in [-0.3, -0.25) is 0 Å². The normalized spacial score (nSPS) is 13.9. The summed E-state index contributed by atoms with van der Waals surface area (Å²) >= 11 is 18.0. The molecule has 0 aromatic heterocycles. The molecule has 0 saturated heterocycles. The fourth-order valence-corrected chi connectivity index (χ4v) is 3.00. The lowest BCUT2D eigenvalue weighted by Gasteiger charge is -2.18. The average Bonchev–Trinajstić information content (AvgIpc) is 2.16. The number of halogens is 3. The predicted molar refractivity (Wildman–Crippen MR) is 68.9 cm³/mol. The van der Waals surface area contributed by atoms with E-state index in [2.05, 4.69) is 0 Å². The van der Waals surface area contributed by atoms with Gasteiger partial charge in [0, 0.05) is 12.7 Å². The first-order valence-electron chi connectivity index (χ1n) is 4.59. The number of ether oxygens (including phenoxy) is 1. The monoisotopic (exact) mass is 282 g/mol. The highest BCUT2D eigenvalue weighted by Crippen LogP contribution is 2.36. The van der Waals surface area contributed by atoms with Gasteiger partial charge in [-0.15, -0.1) is 33.2 Å². The van der Waals surface area contributed by atoms with E-state index >= 15 is 0 Å². The SMILES string of the molecule is COCc1cccc(C(C)[Si](Cl)(Cl)Cl)c1. The molecular weight excluding hydrogens is 271 g/mol. The summed E-state index contributed by atoms with van der Waals surface area (Å²) in [4.78, 5) is 0. The van der Waals surface area contributed by atoms with E-state index in [1.165, 1.54) is 0 Å². The molecule has 1 rings (SSSR count). The molecule has 0 N–H and O–H groups in total. The lowest BCUT2D eigenvalue weighted by atomic mass is 10.1. The van der Waals surface area contributed by atoms with Crippen LogP contribution < -0.4 is 0 Å². The Bertz CT molecular complexity index is 325. The topological polar surface area (TPSA) is 9.23 Å². The molecule has 0 aliphatic carbocycles. The quantitative estimate of drug-likeness (QED) is 0.596. The third-order valence-electron chi connectivity index (χ3n) is 2.25. The van der Waals surface area contributed by atoms with Gasteiger partial charge in [0.05, 0.1) is 6.61 Å². The minimum absolute atomic E-state index is 0.000642. The number of hydrogen-bond donors (Lipinski definition) is 0. The van der Waals surface area contributed by atoms with Gasteiger partial charge in [-0.25, -0.2) is 0 Å². The number of methoxy groups -OCH3 is 1. The fourth-order valence-electron chi connectivity index (χ4n) is 1.31. The molecular formula is C10H13Cl3OSi. The summed E-state index contributed by atoms with van der Waals surface area (Å²) in [6, 6.07) is 5.31. The molecule has 0 bridgehead atoms. The van der Waals surface area contributed by atoms with E-state index in [0.717, 1.165) is 11.1 Å². The summed E-state index contributed by atoms with van der Waals surface area (Å²) in [6.45, 7) is 2.53. The molecule has 0 radical (unpaired) electrons. The van der Waals surface area contributed by atoms with E-state index in [-0.39, 0.29) is 5.54 Å². The van der Waals surface area contributed by atoms with E-state index in [9.17, 15) is 0 Å². The molecule has 1 aromatic carbocycles. The maximum atomic E-state index is 5.99. The minimum Gasteiger partial charge on any atom is -0.380 e. The number of benzene rings is 1. The second kappa shape index (κ2) is 5.55. The Kier molecular flexibility index (Phi) is 4.93. The molecule has 84 valence electrons. The number of rotatable bonds is 4. The van der Waals surface area contributed by atoms with Crippen molar-refractivity contribution < 1.29 is 4.74 Å². The molecule has 1 aromatic rings. The van der Waals surface area contributed by atoms with Crippen LogP contribution in [0.4, 0.5) is 0 Å². The Morgan fingerprint density at radius 1 is 1.33 bits per heavy atom. The van der Waals surface area contributed by atoms with E-state index < -0.39 is 6.00 Å². The van der Waals surface area contributed by atoms with Crippen molar-refractivity contribution in [2.45, 2.75) is 19.1 Å². The second-order valence-electron chi connectivity index (χ2n) is 3.44. The summed E-state index contributed by atoms with van der Waals surface area (Å²) in [5.41, 5.74) is 2.17. The zero-order valence-electron chi connectivity index (χ0n) is 8.64. The van der Waals surface area contributed by atoms with E-state index in [1.807, 2.05) is 31.2 Å². The van der Waals surface area contributed by atoms with Gasteiger partial charge in [0.2, 0.25) is 0 Å². The molecule has 0 saturated carbocycles. The van der Waals surface area contributed by atoms with Crippen molar-refractivity contribution in [1.82, 2.24) is 0 Å². The van der Waals surface area contributed by atoms with Crippen molar-refractivity contribution in [1.29, 1.82) is 0 Å². The molecule has 0 amide bonds. The van der Waals surface area contributed by atoms with Gasteiger partial charge in [-0.2, -0.15) is 0 Å². The predicted octanol–water partition coefficient (Wildman–Crippen LogP) is 4.13. The summed E-state index contributed by atoms with van der Waals surface area (Å²) in [5, 5.41) is 0. The molecule has 5 heteroatoms. The zero-order chi connectivity index (χ0) is 11.5. The first kappa shape index (κ1) is 13.3. The summed E-state index contributed by atoms with van der Waals surface area (Å²) < 4.78 is 5.06. The molecule has 0 aliphatic heterocycles. The first-order chi connectivity index (χ1) is 6.95. The van der Waals surface area contributed by atoms with Crippen molar-refractivity contribution in [2.24, 2.45) is 0 Å². The van der Waals surface area contributed by atoms with Crippen LogP contribution in [0.2, 0.25) is 0 Å². The maximum absolute atomic E-state index is 5.99. The zero-order valence-corrected chi connectivity index (χ0v) is 11.9. The van der Waals surface area contributed by atoms with Crippen LogP contribution in [-0.4, -0.2) is 13.1 Å². The molecule has 1 unspecified atom stereocenters. The molecule has 0 heterocycles. The van der Waals surface area contributed by atoms with Gasteiger partial charge in [0.25, 0.3) is 0 Å². The van der Waals surface area contributed by atoms with Crippen LogP contribution in [0.25, 0.3) is 0 Å². The maximum Gasteiger partial charge on any atom is 0.348 e. The van der Waals surface area contributed by atoms with Crippen LogP contribution in [-0.2, 0) is 11.3 Å². The molecule has 1 atom stereocenters. The van der Waals surface area contributed by atoms with Crippen LogP contribution >= 0.6 is 33.2 Å². The Hall–Kier alpha value is 0.267. The molecule has 0 fully saturated rings. The fraction of sp³-hybridized carbons (Fsp3) is 0.400. The average molecular weight is 284 g/mol. The van der Waals surface area contributed by atoms with Crippen LogP contribution in [0.1, 0.15) is 23.6 Å². The van der Waals surface area contributed by atoms with Crippen molar-refractivity contribution in [3.05, 3.63) is 35.4 Å². The highest BCUT2D eigenvalue weighted by Gasteiger charge is 2.34. The molecule has 1 nitrogen and oxygen atoms in total. The van der Waals surface area contributed by atoms with Crippen molar-refractivity contribution in [3.8, 4) is 0 Å². The van der Waals surface area contributed by atoms with E-state index in [0.29, 0.717) is 6.61 Å². The Labute approximate surface area is 105 Å². The standard InChI is InChI=1S/C10H13Cl3OSi/c1-8(15(11,12)13)10-5-3-4-9(6-10)7-14-2/h3-6,8H,7H2,1-2H3. The smallest absolute Gasteiger partial charge is 0.348 e. The van der Waals surface area contributed by atoms with Crippen molar-refractivity contribution in [2.75, 3.05) is 7.11 Å². The van der Waals surface area contributed by atoms with Crippen molar-refractivity contribution >= 4 is 39.2 Å². The summed E-state index contributed by atoms with van der Waals surface area (Å²) in [5.74, 6) is 0. The van der Waals surface area contributed by atoms with Crippen LogP contribution in [0.15, 0.2) is 24.3 Å². The van der Waals surface area contributed by atoms with Gasteiger partial charge in [0.15, 0.2) is 0 Å². The second-order valence-corrected chi connectivity index (χ2v) is 12.5. The first-order valence-corrected chi connectivity index (χ1v) is 9.71. The van der Waals surface area contributed by atoms with E-state index in [1.54, 1.807) is 7.11 Å². The van der Waals surface area contributed by atoms with Crippen LogP contribution in [0, 0.1) is 0 Å². The Morgan fingerprint density at radius 2 is 2.00 bits per heavy atom. The van der Waals surface area contributed by atoms with Crippen LogP contribution in [0.5, 0.6) is 0 Å². The highest BCUT2D eigenvalue weighted by atomic mass is 35.8. The molecule has 0 spiro atoms. The Balaban J connectivity index is 2.90. The van der Waals surface area contributed by atoms with Gasteiger partial charge in [0.1, 0.15) is 0 Å². The lowest BCUT2D eigenvalue weighted by molar-refractivity contribution is 0.185. The molecule has 0 aliphatic rings. The highest BCUT2D eigenvalue weighted by molar-refractivity contribution is 7.65. The number of hydrogen-bond acceptors (Lipinski definition) is 1. The summed E-state index contributed by atoms with van der Waals surface area (Å²) in [7, 11) is 1.67. The third-order valence-corrected chi connectivity index (χ3v) is 6.51. The summed E-state index contributed by atoms with van der Waals surface area (Å²) in [6.07, 6.45) is 0. The lowest BCUT2D eigenvalue weighted by Crippen LogP contribution is -2.20. The van der Waals surface area contributed by atoms with Crippen LogP contribution in [0.3, 0.4) is 0 Å².